The normalized spacial score (nSPS) is 9.33. The number of nitrogen functional groups attached to an aromatic ring is 1. The van der Waals surface area contributed by atoms with Crippen LogP contribution in [-0.4, -0.2) is 24.2 Å². The van der Waals surface area contributed by atoms with Crippen LogP contribution in [0.15, 0.2) is 0 Å². The summed E-state index contributed by atoms with van der Waals surface area (Å²) in [5.74, 6) is -2.19. The Bertz CT molecular complexity index is 472. The van der Waals surface area contributed by atoms with Crippen LogP contribution in [0.3, 0.4) is 0 Å². The molecular formula is C8H6N2O4S. The number of thiophene rings is 1. The van der Waals surface area contributed by atoms with Gasteiger partial charge in [-0.1, -0.05) is 0 Å². The number of aromatic carboxylic acids is 1. The van der Waals surface area contributed by atoms with Gasteiger partial charge in [0.2, 0.25) is 0 Å². The lowest BCUT2D eigenvalue weighted by molar-refractivity contribution is 0.0588. The van der Waals surface area contributed by atoms with Gasteiger partial charge in [-0.05, 0) is 0 Å². The van der Waals surface area contributed by atoms with Crippen LogP contribution in [0.2, 0.25) is 0 Å². The number of hydrogen-bond donors (Lipinski definition) is 2. The number of carboxylic acids is 1. The van der Waals surface area contributed by atoms with E-state index in [0.717, 1.165) is 18.4 Å². The molecule has 0 amide bonds. The summed E-state index contributed by atoms with van der Waals surface area (Å²) in [6, 6.07) is 1.64. The van der Waals surface area contributed by atoms with E-state index in [9.17, 15) is 9.59 Å². The molecular weight excluding hydrogens is 220 g/mol. The molecule has 1 rings (SSSR count). The highest BCUT2D eigenvalue weighted by Crippen LogP contribution is 2.30. The van der Waals surface area contributed by atoms with E-state index >= 15 is 0 Å². The molecule has 0 aliphatic heterocycles. The molecule has 0 saturated heterocycles. The SMILES string of the molecule is COC(=O)c1sc(N)c(C#N)c1C(=O)O. The summed E-state index contributed by atoms with van der Waals surface area (Å²) in [7, 11) is 1.12. The van der Waals surface area contributed by atoms with Crippen molar-refractivity contribution in [3.63, 3.8) is 0 Å². The number of nitrogens with two attached hydrogens (primary N) is 1. The van der Waals surface area contributed by atoms with Crippen molar-refractivity contribution < 1.29 is 19.4 Å². The third-order valence-electron chi connectivity index (χ3n) is 1.63. The highest BCUT2D eigenvalue weighted by Gasteiger charge is 2.26. The van der Waals surface area contributed by atoms with Gasteiger partial charge in [0, 0.05) is 0 Å². The summed E-state index contributed by atoms with van der Waals surface area (Å²) in [6.07, 6.45) is 0. The standard InChI is InChI=1S/C8H6N2O4S/c1-14-8(13)5-4(7(11)12)3(2-9)6(10)15-5/h10H2,1H3,(H,11,12). The van der Waals surface area contributed by atoms with E-state index in [-0.39, 0.29) is 15.4 Å². The number of ether oxygens (including phenoxy) is 1. The number of anilines is 1. The van der Waals surface area contributed by atoms with E-state index in [1.54, 1.807) is 6.07 Å². The highest BCUT2D eigenvalue weighted by molar-refractivity contribution is 7.18. The van der Waals surface area contributed by atoms with Crippen molar-refractivity contribution in [3.05, 3.63) is 16.0 Å². The van der Waals surface area contributed by atoms with Gasteiger partial charge in [-0.15, -0.1) is 11.3 Å². The predicted molar refractivity (Wildman–Crippen MR) is 51.7 cm³/mol. The Morgan fingerprint density at radius 3 is 2.60 bits per heavy atom. The van der Waals surface area contributed by atoms with Crippen molar-refractivity contribution in [2.24, 2.45) is 0 Å². The molecule has 0 saturated carbocycles. The summed E-state index contributed by atoms with van der Waals surface area (Å²) >= 11 is 0.726. The maximum absolute atomic E-state index is 11.2. The largest absolute Gasteiger partial charge is 0.478 e. The summed E-state index contributed by atoms with van der Waals surface area (Å²) in [4.78, 5) is 21.8. The minimum Gasteiger partial charge on any atom is -0.478 e. The third-order valence-corrected chi connectivity index (χ3v) is 2.63. The Hall–Kier alpha value is -2.07. The number of nitriles is 1. The fraction of sp³-hybridized carbons (Fsp3) is 0.125. The molecule has 1 aromatic heterocycles. The number of carbonyl (C=O) groups excluding carboxylic acids is 1. The average Bonchev–Trinajstić information content (AvgIpc) is 2.53. The van der Waals surface area contributed by atoms with Gasteiger partial charge in [0.15, 0.2) is 0 Å². The van der Waals surface area contributed by atoms with E-state index in [1.807, 2.05) is 0 Å². The van der Waals surface area contributed by atoms with Crippen LogP contribution < -0.4 is 5.73 Å². The first kappa shape index (κ1) is 11.0. The number of nitrogens with zero attached hydrogens (tertiary/aromatic N) is 1. The number of rotatable bonds is 2. The number of methoxy groups -OCH3 is 1. The van der Waals surface area contributed by atoms with Crippen LogP contribution >= 0.6 is 11.3 Å². The van der Waals surface area contributed by atoms with Gasteiger partial charge in [-0.2, -0.15) is 5.26 Å². The molecule has 0 fully saturated rings. The van der Waals surface area contributed by atoms with Gasteiger partial charge in [0.1, 0.15) is 27.1 Å². The zero-order valence-corrected chi connectivity index (χ0v) is 8.42. The molecule has 0 aliphatic carbocycles. The molecule has 0 bridgehead atoms. The number of carbonyl (C=O) groups is 2. The van der Waals surface area contributed by atoms with Gasteiger partial charge >= 0.3 is 11.9 Å². The number of esters is 1. The molecule has 0 unspecified atom stereocenters. The Balaban J connectivity index is 3.48. The lowest BCUT2D eigenvalue weighted by Gasteiger charge is -1.96. The molecule has 0 radical (unpaired) electrons. The average molecular weight is 226 g/mol. The summed E-state index contributed by atoms with van der Waals surface area (Å²) in [6.45, 7) is 0. The topological polar surface area (TPSA) is 113 Å². The molecule has 0 aromatic carbocycles. The van der Waals surface area contributed by atoms with Gasteiger partial charge in [-0.25, -0.2) is 9.59 Å². The second-order valence-electron chi connectivity index (χ2n) is 2.45. The fourth-order valence-electron chi connectivity index (χ4n) is 1.00. The molecule has 7 heteroatoms. The molecule has 0 aliphatic rings. The molecule has 0 atom stereocenters. The van der Waals surface area contributed by atoms with Gasteiger partial charge in [-0.3, -0.25) is 0 Å². The van der Waals surface area contributed by atoms with Crippen molar-refractivity contribution in [1.82, 2.24) is 0 Å². The van der Waals surface area contributed by atoms with E-state index < -0.39 is 17.5 Å². The second-order valence-corrected chi connectivity index (χ2v) is 3.51. The van der Waals surface area contributed by atoms with Gasteiger partial charge < -0.3 is 15.6 Å². The van der Waals surface area contributed by atoms with E-state index in [2.05, 4.69) is 4.74 Å². The summed E-state index contributed by atoms with van der Waals surface area (Å²) in [5, 5.41) is 17.5. The van der Waals surface area contributed by atoms with E-state index in [1.165, 1.54) is 0 Å². The van der Waals surface area contributed by atoms with Gasteiger partial charge in [0.25, 0.3) is 0 Å². The Morgan fingerprint density at radius 2 is 2.20 bits per heavy atom. The van der Waals surface area contributed by atoms with E-state index in [0.29, 0.717) is 0 Å². The number of hydrogen-bond acceptors (Lipinski definition) is 6. The Kier molecular flexibility index (Phi) is 2.92. The zero-order valence-electron chi connectivity index (χ0n) is 7.60. The van der Waals surface area contributed by atoms with Crippen LogP contribution in [0.4, 0.5) is 5.00 Å². The minimum absolute atomic E-state index is 0.00435. The maximum atomic E-state index is 11.2. The fourth-order valence-corrected chi connectivity index (χ4v) is 1.93. The molecule has 6 nitrogen and oxygen atoms in total. The summed E-state index contributed by atoms with van der Waals surface area (Å²) in [5.41, 5.74) is 4.81. The summed E-state index contributed by atoms with van der Waals surface area (Å²) < 4.78 is 4.38. The first-order chi connectivity index (χ1) is 7.02. The van der Waals surface area contributed by atoms with E-state index in [4.69, 9.17) is 16.1 Å². The van der Waals surface area contributed by atoms with Crippen molar-refractivity contribution >= 4 is 28.3 Å². The van der Waals surface area contributed by atoms with Crippen LogP contribution in [0.1, 0.15) is 25.6 Å². The monoisotopic (exact) mass is 226 g/mol. The number of carboxylic acid groups (broad SMARTS) is 1. The quantitative estimate of drug-likeness (QED) is 0.717. The Morgan fingerprint density at radius 1 is 1.60 bits per heavy atom. The molecule has 0 spiro atoms. The first-order valence-corrected chi connectivity index (χ1v) is 4.48. The maximum Gasteiger partial charge on any atom is 0.349 e. The minimum atomic E-state index is -1.38. The smallest absolute Gasteiger partial charge is 0.349 e. The van der Waals surface area contributed by atoms with Gasteiger partial charge in [0.05, 0.1) is 7.11 Å². The van der Waals surface area contributed by atoms with Crippen molar-refractivity contribution in [3.8, 4) is 6.07 Å². The second kappa shape index (κ2) is 3.98. The molecule has 78 valence electrons. The van der Waals surface area contributed by atoms with Crippen molar-refractivity contribution in [2.45, 2.75) is 0 Å². The molecule has 1 heterocycles. The highest BCUT2D eigenvalue weighted by atomic mass is 32.1. The lowest BCUT2D eigenvalue weighted by atomic mass is 10.1. The lowest BCUT2D eigenvalue weighted by Crippen LogP contribution is -2.07. The Labute approximate surface area is 88.5 Å². The zero-order chi connectivity index (χ0) is 11.6. The van der Waals surface area contributed by atoms with Crippen LogP contribution in [0.25, 0.3) is 0 Å². The molecule has 15 heavy (non-hydrogen) atoms. The van der Waals surface area contributed by atoms with Crippen LogP contribution in [0, 0.1) is 11.3 Å². The van der Waals surface area contributed by atoms with Crippen LogP contribution in [0.5, 0.6) is 0 Å². The first-order valence-electron chi connectivity index (χ1n) is 3.66. The van der Waals surface area contributed by atoms with Crippen molar-refractivity contribution in [1.29, 1.82) is 5.26 Å². The van der Waals surface area contributed by atoms with Crippen LogP contribution in [-0.2, 0) is 4.74 Å². The molecule has 1 aromatic rings. The van der Waals surface area contributed by atoms with Crippen molar-refractivity contribution in [2.75, 3.05) is 12.8 Å². The molecule has 3 N–H and O–H groups in total. The predicted octanol–water partition coefficient (Wildman–Crippen LogP) is 0.687. The third kappa shape index (κ3) is 1.75.